The normalized spacial score (nSPS) is 16.0. The number of nitrogens with zero attached hydrogens (tertiary/aromatic N) is 1. The molecule has 0 bridgehead atoms. The van der Waals surface area contributed by atoms with Crippen molar-refractivity contribution in [2.75, 3.05) is 13.1 Å². The molecule has 1 aliphatic heterocycles. The summed E-state index contributed by atoms with van der Waals surface area (Å²) in [6, 6.07) is -0.199. The van der Waals surface area contributed by atoms with Crippen molar-refractivity contribution < 1.29 is 14.7 Å². The fourth-order valence-electron chi connectivity index (χ4n) is 1.62. The Morgan fingerprint density at radius 3 is 2.62 bits per heavy atom. The van der Waals surface area contributed by atoms with Crippen LogP contribution in [0, 0.1) is 0 Å². The van der Waals surface area contributed by atoms with Gasteiger partial charge in [0.2, 0.25) is 0 Å². The van der Waals surface area contributed by atoms with Gasteiger partial charge >= 0.3 is 12.0 Å². The molecule has 1 rings (SSSR count). The Hall–Kier alpha value is -1.52. The Kier molecular flexibility index (Phi) is 3.93. The number of carbonyl (C=O) groups excluding carboxylic acids is 1. The number of amides is 2. The Labute approximate surface area is 95.1 Å². The average Bonchev–Trinajstić information content (AvgIpc) is 2.16. The lowest BCUT2D eigenvalue weighted by molar-refractivity contribution is -0.138. The lowest BCUT2D eigenvalue weighted by atomic mass is 10.0. The maximum Gasteiger partial charge on any atom is 0.318 e. The zero-order chi connectivity index (χ0) is 12.2. The zero-order valence-corrected chi connectivity index (χ0v) is 9.69. The summed E-state index contributed by atoms with van der Waals surface area (Å²) in [4.78, 5) is 24.1. The molecule has 16 heavy (non-hydrogen) atoms. The number of hydrogen-bond donors (Lipinski definition) is 2. The largest absolute Gasteiger partial charge is 0.481 e. The molecule has 0 aromatic heterocycles. The lowest BCUT2D eigenvalue weighted by Crippen LogP contribution is -2.51. The molecule has 0 aromatic rings. The minimum Gasteiger partial charge on any atom is -0.481 e. The minimum absolute atomic E-state index is 0.0809. The second kappa shape index (κ2) is 5.01. The van der Waals surface area contributed by atoms with E-state index in [1.807, 2.05) is 12.2 Å². The monoisotopic (exact) mass is 226 g/mol. The summed E-state index contributed by atoms with van der Waals surface area (Å²) in [5.41, 5.74) is -0.718. The standard InChI is InChI=1S/C11H18N2O3/c1-11(2,8-9(14)15)12-10(16)13-6-4-3-5-7-13/h3-4H,5-8H2,1-2H3,(H,12,16)(H,14,15). The van der Waals surface area contributed by atoms with E-state index in [0.717, 1.165) is 6.42 Å². The van der Waals surface area contributed by atoms with Crippen LogP contribution in [0.5, 0.6) is 0 Å². The first kappa shape index (κ1) is 12.5. The third-order valence-electron chi connectivity index (χ3n) is 2.38. The zero-order valence-electron chi connectivity index (χ0n) is 9.69. The van der Waals surface area contributed by atoms with E-state index in [1.54, 1.807) is 18.7 Å². The van der Waals surface area contributed by atoms with Gasteiger partial charge in [0.25, 0.3) is 0 Å². The van der Waals surface area contributed by atoms with Crippen LogP contribution in [-0.2, 0) is 4.79 Å². The van der Waals surface area contributed by atoms with Crippen molar-refractivity contribution in [2.45, 2.75) is 32.2 Å². The lowest BCUT2D eigenvalue weighted by Gasteiger charge is -2.30. The number of rotatable bonds is 3. The molecule has 1 aliphatic rings. The van der Waals surface area contributed by atoms with Crippen molar-refractivity contribution in [1.29, 1.82) is 0 Å². The molecular weight excluding hydrogens is 208 g/mol. The molecular formula is C11H18N2O3. The molecule has 5 heteroatoms. The fourth-order valence-corrected chi connectivity index (χ4v) is 1.62. The number of carbonyl (C=O) groups is 2. The predicted octanol–water partition coefficient (Wildman–Crippen LogP) is 1.21. The first-order valence-corrected chi connectivity index (χ1v) is 5.34. The van der Waals surface area contributed by atoms with Gasteiger partial charge in [-0.25, -0.2) is 4.79 Å². The average molecular weight is 226 g/mol. The second-order valence-corrected chi connectivity index (χ2v) is 4.59. The maximum atomic E-state index is 11.8. The SMILES string of the molecule is CC(C)(CC(=O)O)NC(=O)N1CC=CCC1. The van der Waals surface area contributed by atoms with Gasteiger partial charge < -0.3 is 15.3 Å². The van der Waals surface area contributed by atoms with Crippen LogP contribution < -0.4 is 5.32 Å². The predicted molar refractivity (Wildman–Crippen MR) is 60.2 cm³/mol. The molecule has 0 saturated heterocycles. The Bertz CT molecular complexity index is 310. The maximum absolute atomic E-state index is 11.8. The van der Waals surface area contributed by atoms with E-state index in [4.69, 9.17) is 5.11 Å². The molecule has 2 amide bonds. The quantitative estimate of drug-likeness (QED) is 0.711. The van der Waals surface area contributed by atoms with Gasteiger partial charge in [-0.1, -0.05) is 12.2 Å². The van der Waals surface area contributed by atoms with E-state index in [0.29, 0.717) is 13.1 Å². The number of carboxylic acid groups (broad SMARTS) is 1. The molecule has 0 aliphatic carbocycles. The van der Waals surface area contributed by atoms with Crippen molar-refractivity contribution in [3.63, 3.8) is 0 Å². The first-order chi connectivity index (χ1) is 7.41. The highest BCUT2D eigenvalue weighted by Gasteiger charge is 2.26. The summed E-state index contributed by atoms with van der Waals surface area (Å²) >= 11 is 0. The van der Waals surface area contributed by atoms with Gasteiger partial charge in [0.05, 0.1) is 6.42 Å². The number of aliphatic carboxylic acids is 1. The molecule has 0 atom stereocenters. The van der Waals surface area contributed by atoms with Gasteiger partial charge in [0, 0.05) is 18.6 Å². The number of hydrogen-bond acceptors (Lipinski definition) is 2. The van der Waals surface area contributed by atoms with Gasteiger partial charge in [0.15, 0.2) is 0 Å². The summed E-state index contributed by atoms with van der Waals surface area (Å²) < 4.78 is 0. The second-order valence-electron chi connectivity index (χ2n) is 4.59. The molecule has 0 aromatic carbocycles. The molecule has 0 fully saturated rings. The highest BCUT2D eigenvalue weighted by Crippen LogP contribution is 2.10. The molecule has 0 unspecified atom stereocenters. The van der Waals surface area contributed by atoms with Gasteiger partial charge in [-0.15, -0.1) is 0 Å². The van der Waals surface area contributed by atoms with E-state index in [1.165, 1.54) is 0 Å². The first-order valence-electron chi connectivity index (χ1n) is 5.34. The van der Waals surface area contributed by atoms with Crippen LogP contribution >= 0.6 is 0 Å². The summed E-state index contributed by atoms with van der Waals surface area (Å²) in [5.74, 6) is -0.913. The highest BCUT2D eigenvalue weighted by atomic mass is 16.4. The van der Waals surface area contributed by atoms with Crippen LogP contribution in [0.3, 0.4) is 0 Å². The molecule has 1 heterocycles. The van der Waals surface area contributed by atoms with Crippen molar-refractivity contribution in [1.82, 2.24) is 10.2 Å². The molecule has 5 nitrogen and oxygen atoms in total. The molecule has 90 valence electrons. The topological polar surface area (TPSA) is 69.6 Å². The van der Waals surface area contributed by atoms with E-state index >= 15 is 0 Å². The molecule has 0 saturated carbocycles. The van der Waals surface area contributed by atoms with Crippen LogP contribution in [-0.4, -0.2) is 40.6 Å². The Morgan fingerprint density at radius 1 is 1.44 bits per heavy atom. The fraction of sp³-hybridized carbons (Fsp3) is 0.636. The van der Waals surface area contributed by atoms with Gasteiger partial charge in [0.1, 0.15) is 0 Å². The smallest absolute Gasteiger partial charge is 0.318 e. The molecule has 0 radical (unpaired) electrons. The summed E-state index contributed by atoms with van der Waals surface area (Å²) in [5, 5.41) is 11.4. The van der Waals surface area contributed by atoms with Gasteiger partial charge in [-0.3, -0.25) is 4.79 Å². The molecule has 2 N–H and O–H groups in total. The van der Waals surface area contributed by atoms with Gasteiger partial charge in [-0.05, 0) is 20.3 Å². The third-order valence-corrected chi connectivity index (χ3v) is 2.38. The Morgan fingerprint density at radius 2 is 2.12 bits per heavy atom. The van der Waals surface area contributed by atoms with Gasteiger partial charge in [-0.2, -0.15) is 0 Å². The highest BCUT2D eigenvalue weighted by molar-refractivity contribution is 5.77. The number of urea groups is 1. The van der Waals surface area contributed by atoms with Crippen LogP contribution in [0.1, 0.15) is 26.7 Å². The summed E-state index contributed by atoms with van der Waals surface area (Å²) in [7, 11) is 0. The van der Waals surface area contributed by atoms with Crippen molar-refractivity contribution >= 4 is 12.0 Å². The van der Waals surface area contributed by atoms with Crippen molar-refractivity contribution in [3.8, 4) is 0 Å². The van der Waals surface area contributed by atoms with E-state index in [-0.39, 0.29) is 12.5 Å². The van der Waals surface area contributed by atoms with Crippen LogP contribution in [0.15, 0.2) is 12.2 Å². The van der Waals surface area contributed by atoms with E-state index in [9.17, 15) is 9.59 Å². The van der Waals surface area contributed by atoms with Crippen molar-refractivity contribution in [2.24, 2.45) is 0 Å². The van der Waals surface area contributed by atoms with E-state index in [2.05, 4.69) is 5.32 Å². The van der Waals surface area contributed by atoms with Crippen LogP contribution in [0.25, 0.3) is 0 Å². The third kappa shape index (κ3) is 3.92. The summed E-state index contributed by atoms with van der Waals surface area (Å²) in [6.45, 7) is 4.69. The minimum atomic E-state index is -0.913. The van der Waals surface area contributed by atoms with Crippen molar-refractivity contribution in [3.05, 3.63) is 12.2 Å². The number of nitrogens with one attached hydrogen (secondary N) is 1. The van der Waals surface area contributed by atoms with Crippen LogP contribution in [0.2, 0.25) is 0 Å². The summed E-state index contributed by atoms with van der Waals surface area (Å²) in [6.07, 6.45) is 4.74. The van der Waals surface area contributed by atoms with Crippen LogP contribution in [0.4, 0.5) is 4.79 Å². The number of carboxylic acids is 1. The molecule has 0 spiro atoms. The van der Waals surface area contributed by atoms with E-state index < -0.39 is 11.5 Å². The Balaban J connectivity index is 2.49.